The highest BCUT2D eigenvalue weighted by Crippen LogP contribution is 2.09. The highest BCUT2D eigenvalue weighted by Gasteiger charge is 2.19. The Labute approximate surface area is 92.3 Å². The van der Waals surface area contributed by atoms with Crippen molar-refractivity contribution < 1.29 is 18.7 Å². The van der Waals surface area contributed by atoms with E-state index >= 15 is 0 Å². The molecule has 0 amide bonds. The van der Waals surface area contributed by atoms with Crippen LogP contribution >= 0.6 is 0 Å². The lowest BCUT2D eigenvalue weighted by Crippen LogP contribution is -2.11. The zero-order valence-corrected chi connectivity index (χ0v) is 9.27. The highest BCUT2D eigenvalue weighted by atomic mass is 19.1. The highest BCUT2D eigenvalue weighted by molar-refractivity contribution is 5.88. The molecule has 1 rings (SSSR count). The number of ether oxygens (including phenoxy) is 2. The molecule has 0 spiro atoms. The number of nitrogens with zero attached hydrogens (tertiary/aromatic N) is 3. The van der Waals surface area contributed by atoms with Gasteiger partial charge >= 0.3 is 5.97 Å². The van der Waals surface area contributed by atoms with Crippen LogP contribution in [0.5, 0.6) is 0 Å². The smallest absolute Gasteiger partial charge is 0.360 e. The van der Waals surface area contributed by atoms with Crippen molar-refractivity contribution in [1.82, 2.24) is 15.0 Å². The third-order valence-corrected chi connectivity index (χ3v) is 2.00. The molecular weight excluding hydrogens is 217 g/mol. The van der Waals surface area contributed by atoms with E-state index in [-0.39, 0.29) is 12.3 Å². The molecule has 0 aliphatic heterocycles. The lowest BCUT2D eigenvalue weighted by Gasteiger charge is -2.05. The average molecular weight is 231 g/mol. The molecule has 0 atom stereocenters. The lowest BCUT2D eigenvalue weighted by molar-refractivity contribution is 0.0588. The summed E-state index contributed by atoms with van der Waals surface area (Å²) in [7, 11) is 2.76. The summed E-state index contributed by atoms with van der Waals surface area (Å²) in [6.07, 6.45) is 0.320. The molecule has 7 heteroatoms. The van der Waals surface area contributed by atoms with Gasteiger partial charge in [0.25, 0.3) is 0 Å². The summed E-state index contributed by atoms with van der Waals surface area (Å²) in [5.41, 5.74) is 0.617. The molecule has 1 aromatic rings. The maximum Gasteiger partial charge on any atom is 0.360 e. The summed E-state index contributed by atoms with van der Waals surface area (Å²) in [5.74, 6) is -0.571. The van der Waals surface area contributed by atoms with Gasteiger partial charge in [0, 0.05) is 13.7 Å². The fourth-order valence-electron chi connectivity index (χ4n) is 1.26. The SMILES string of the molecule is COCc1c(C(=O)OC)nnn1CCCF. The molecule has 90 valence electrons. The van der Waals surface area contributed by atoms with Crippen molar-refractivity contribution in [2.75, 3.05) is 20.9 Å². The summed E-state index contributed by atoms with van der Waals surface area (Å²) < 4.78 is 23.0. The topological polar surface area (TPSA) is 66.2 Å². The molecule has 0 bridgehead atoms. The van der Waals surface area contributed by atoms with E-state index in [0.717, 1.165) is 0 Å². The maximum absolute atomic E-state index is 12.0. The van der Waals surface area contributed by atoms with Gasteiger partial charge in [0.15, 0.2) is 5.69 Å². The number of hydrogen-bond acceptors (Lipinski definition) is 5. The van der Waals surface area contributed by atoms with Crippen molar-refractivity contribution in [3.05, 3.63) is 11.4 Å². The zero-order valence-electron chi connectivity index (χ0n) is 9.27. The van der Waals surface area contributed by atoms with Gasteiger partial charge < -0.3 is 9.47 Å². The molecule has 0 radical (unpaired) electrons. The van der Waals surface area contributed by atoms with Gasteiger partial charge in [-0.25, -0.2) is 9.48 Å². The Balaban J connectivity index is 2.92. The van der Waals surface area contributed by atoms with E-state index in [9.17, 15) is 9.18 Å². The van der Waals surface area contributed by atoms with Crippen LogP contribution in [0.3, 0.4) is 0 Å². The molecule has 16 heavy (non-hydrogen) atoms. The minimum Gasteiger partial charge on any atom is -0.464 e. The number of methoxy groups -OCH3 is 2. The number of rotatable bonds is 6. The number of carbonyl (C=O) groups is 1. The van der Waals surface area contributed by atoms with E-state index in [1.54, 1.807) is 0 Å². The second-order valence-corrected chi connectivity index (χ2v) is 3.08. The molecule has 0 saturated heterocycles. The van der Waals surface area contributed by atoms with Crippen molar-refractivity contribution in [2.24, 2.45) is 0 Å². The van der Waals surface area contributed by atoms with Crippen LogP contribution in [-0.2, 0) is 22.6 Å². The molecule has 0 N–H and O–H groups in total. The Morgan fingerprint density at radius 1 is 1.50 bits per heavy atom. The van der Waals surface area contributed by atoms with E-state index in [1.165, 1.54) is 18.9 Å². The van der Waals surface area contributed by atoms with Crippen LogP contribution in [0.4, 0.5) is 4.39 Å². The molecule has 0 aliphatic carbocycles. The van der Waals surface area contributed by atoms with Gasteiger partial charge in [0.05, 0.1) is 26.1 Å². The minimum absolute atomic E-state index is 0.114. The second-order valence-electron chi connectivity index (χ2n) is 3.08. The van der Waals surface area contributed by atoms with Crippen LogP contribution in [0, 0.1) is 0 Å². The van der Waals surface area contributed by atoms with Crippen LogP contribution in [0.15, 0.2) is 0 Å². The Morgan fingerprint density at radius 3 is 2.81 bits per heavy atom. The Kier molecular flexibility index (Phi) is 4.84. The summed E-state index contributed by atoms with van der Waals surface area (Å²) >= 11 is 0. The summed E-state index contributed by atoms with van der Waals surface area (Å²) in [6.45, 7) is 0.0999. The number of aryl methyl sites for hydroxylation is 1. The lowest BCUT2D eigenvalue weighted by atomic mass is 10.3. The number of carbonyl (C=O) groups excluding carboxylic acids is 1. The van der Waals surface area contributed by atoms with Crippen LogP contribution in [0.1, 0.15) is 22.6 Å². The van der Waals surface area contributed by atoms with Gasteiger partial charge in [-0.05, 0) is 6.42 Å². The van der Waals surface area contributed by atoms with Gasteiger partial charge in [0.1, 0.15) is 0 Å². The fraction of sp³-hybridized carbons (Fsp3) is 0.667. The van der Waals surface area contributed by atoms with Gasteiger partial charge in [-0.2, -0.15) is 0 Å². The largest absolute Gasteiger partial charge is 0.464 e. The Morgan fingerprint density at radius 2 is 2.25 bits per heavy atom. The normalized spacial score (nSPS) is 10.4. The summed E-state index contributed by atoms with van der Waals surface area (Å²) in [5, 5.41) is 7.45. The predicted octanol–water partition coefficient (Wildman–Crippen LogP) is 0.571. The van der Waals surface area contributed by atoms with Crippen LogP contribution in [-0.4, -0.2) is 41.9 Å². The number of alkyl halides is 1. The van der Waals surface area contributed by atoms with Crippen molar-refractivity contribution in [3.8, 4) is 0 Å². The molecule has 0 fully saturated rings. The van der Waals surface area contributed by atoms with Crippen LogP contribution in [0.25, 0.3) is 0 Å². The number of halogens is 1. The van der Waals surface area contributed by atoms with E-state index in [4.69, 9.17) is 4.74 Å². The second kappa shape index (κ2) is 6.16. The molecule has 0 aromatic carbocycles. The van der Waals surface area contributed by atoms with Gasteiger partial charge in [-0.1, -0.05) is 5.21 Å². The number of esters is 1. The minimum atomic E-state index is -0.571. The summed E-state index contributed by atoms with van der Waals surface area (Å²) in [6, 6.07) is 0. The zero-order chi connectivity index (χ0) is 12.0. The number of hydrogen-bond donors (Lipinski definition) is 0. The quantitative estimate of drug-likeness (QED) is 0.670. The van der Waals surface area contributed by atoms with Crippen molar-refractivity contribution in [3.63, 3.8) is 0 Å². The molecule has 0 unspecified atom stereocenters. The van der Waals surface area contributed by atoms with E-state index in [0.29, 0.717) is 18.7 Å². The first kappa shape index (κ1) is 12.6. The van der Waals surface area contributed by atoms with Gasteiger partial charge in [0.2, 0.25) is 0 Å². The standard InChI is InChI=1S/C9H14FN3O3/c1-15-6-7-8(9(14)16-2)11-12-13(7)5-3-4-10/h3-6H2,1-2H3. The van der Waals surface area contributed by atoms with E-state index < -0.39 is 12.6 Å². The fourth-order valence-corrected chi connectivity index (χ4v) is 1.26. The molecule has 1 heterocycles. The molecule has 6 nitrogen and oxygen atoms in total. The predicted molar refractivity (Wildman–Crippen MR) is 52.7 cm³/mol. The first-order valence-corrected chi connectivity index (χ1v) is 4.80. The summed E-state index contributed by atoms with van der Waals surface area (Å²) in [4.78, 5) is 11.3. The Hall–Kier alpha value is -1.50. The molecular formula is C9H14FN3O3. The third-order valence-electron chi connectivity index (χ3n) is 2.00. The first-order valence-electron chi connectivity index (χ1n) is 4.80. The average Bonchev–Trinajstić information content (AvgIpc) is 2.69. The van der Waals surface area contributed by atoms with Crippen molar-refractivity contribution in [2.45, 2.75) is 19.6 Å². The van der Waals surface area contributed by atoms with Crippen LogP contribution < -0.4 is 0 Å². The van der Waals surface area contributed by atoms with E-state index in [2.05, 4.69) is 15.0 Å². The Bertz CT molecular complexity index is 354. The third kappa shape index (κ3) is 2.75. The van der Waals surface area contributed by atoms with Crippen molar-refractivity contribution in [1.29, 1.82) is 0 Å². The van der Waals surface area contributed by atoms with E-state index in [1.807, 2.05) is 0 Å². The van der Waals surface area contributed by atoms with Crippen LogP contribution in [0.2, 0.25) is 0 Å². The van der Waals surface area contributed by atoms with Gasteiger partial charge in [-0.15, -0.1) is 5.10 Å². The monoisotopic (exact) mass is 231 g/mol. The first-order chi connectivity index (χ1) is 7.74. The van der Waals surface area contributed by atoms with Crippen molar-refractivity contribution >= 4 is 5.97 Å². The molecule has 0 aliphatic rings. The maximum atomic E-state index is 12.0. The van der Waals surface area contributed by atoms with Gasteiger partial charge in [-0.3, -0.25) is 4.39 Å². The number of aromatic nitrogens is 3. The molecule has 0 saturated carbocycles. The molecule has 1 aromatic heterocycles.